The van der Waals surface area contributed by atoms with Gasteiger partial charge >= 0.3 is 35.9 Å². The highest BCUT2D eigenvalue weighted by molar-refractivity contribution is 6.08. The molecule has 664 valence electrons. The number of ether oxygens (including phenoxy) is 2. The van der Waals surface area contributed by atoms with Gasteiger partial charge in [-0.25, -0.2) is 14.4 Å². The van der Waals surface area contributed by atoms with Crippen LogP contribution in [0, 0.1) is 0 Å². The van der Waals surface area contributed by atoms with Crippen LogP contribution in [-0.2, 0) is 89.4 Å². The number of carboxylic acids is 5. The Balaban J connectivity index is 0.674. The Morgan fingerprint density at radius 2 is 1.04 bits per heavy atom. The van der Waals surface area contributed by atoms with Crippen molar-refractivity contribution in [3.63, 3.8) is 0 Å². The van der Waals surface area contributed by atoms with Gasteiger partial charge in [-0.1, -0.05) is 144 Å². The van der Waals surface area contributed by atoms with Crippen LogP contribution in [0.1, 0.15) is 209 Å². The number of carboxylic acid groups (broad SMARTS) is 5. The van der Waals surface area contributed by atoms with E-state index in [9.17, 15) is 78.6 Å². The number of aryl methyl sites for hydroxylation is 2. The van der Waals surface area contributed by atoms with Crippen LogP contribution in [0.4, 0.5) is 16.2 Å². The molecule has 6 aromatic rings. The van der Waals surface area contributed by atoms with Crippen molar-refractivity contribution in [1.29, 1.82) is 0 Å². The maximum atomic E-state index is 13.1. The highest BCUT2D eigenvalue weighted by Gasteiger charge is 2.46. The van der Waals surface area contributed by atoms with Gasteiger partial charge in [0.15, 0.2) is 5.71 Å². The number of phenols is 2. The molecule has 4 amide bonds. The molecule has 0 saturated carbocycles. The van der Waals surface area contributed by atoms with Crippen LogP contribution in [0.5, 0.6) is 11.5 Å². The third kappa shape index (κ3) is 31.0. The fraction of sp³-hybridized carbons (Fsp3) is 0.490. The number of aromatic hydroxyl groups is 2. The lowest BCUT2D eigenvalue weighted by atomic mass is 9.79. The molecule has 11 N–H and O–H groups in total. The van der Waals surface area contributed by atoms with Crippen LogP contribution < -0.4 is 26.2 Å². The fourth-order valence-electron chi connectivity index (χ4n) is 16.3. The van der Waals surface area contributed by atoms with Gasteiger partial charge in [-0.05, 0) is 159 Å². The first-order valence-corrected chi connectivity index (χ1v) is 43.5. The minimum Gasteiger partial charge on any atom is -0.508 e. The molecular formula is C96H127N8O19+. The van der Waals surface area contributed by atoms with E-state index in [1.54, 1.807) is 34.1 Å². The number of unbranched alkanes of at least 4 members (excludes halogenated alkanes) is 8. The zero-order valence-electron chi connectivity index (χ0n) is 72.1. The maximum absolute atomic E-state index is 13.1. The molecule has 2 unspecified atom stereocenters. The number of urea groups is 1. The number of phenolic OH excluding ortho intramolecular Hbond substituents is 2. The molecule has 6 aromatic carbocycles. The van der Waals surface area contributed by atoms with Gasteiger partial charge in [0.2, 0.25) is 17.5 Å². The third-order valence-corrected chi connectivity index (χ3v) is 22.8. The summed E-state index contributed by atoms with van der Waals surface area (Å²) in [4.78, 5) is 127. The number of fused-ring (bicyclic) bond motifs is 6. The van der Waals surface area contributed by atoms with E-state index < -0.39 is 73.9 Å². The Kier molecular flexibility index (Phi) is 39.4. The highest BCUT2D eigenvalue weighted by Crippen LogP contribution is 2.51. The van der Waals surface area contributed by atoms with E-state index in [2.05, 4.69) is 169 Å². The van der Waals surface area contributed by atoms with Crippen LogP contribution in [-0.4, -0.2) is 206 Å². The van der Waals surface area contributed by atoms with Gasteiger partial charge in [-0.3, -0.25) is 43.4 Å². The molecule has 27 heteroatoms. The van der Waals surface area contributed by atoms with Crippen molar-refractivity contribution in [2.45, 2.75) is 225 Å². The number of allylic oxidation sites excluding steroid dienone is 6. The quantitative estimate of drug-likeness (QED) is 0.00959. The molecule has 0 saturated heterocycles. The third-order valence-electron chi connectivity index (χ3n) is 22.8. The Bertz CT molecular complexity index is 4740. The normalized spacial score (nSPS) is 14.2. The number of ketones is 2. The summed E-state index contributed by atoms with van der Waals surface area (Å²) < 4.78 is 14.0. The number of benzene rings is 6. The summed E-state index contributed by atoms with van der Waals surface area (Å²) in [5, 5.41) is 84.2. The van der Waals surface area contributed by atoms with E-state index in [0.29, 0.717) is 108 Å². The van der Waals surface area contributed by atoms with Crippen molar-refractivity contribution in [2.75, 3.05) is 83.7 Å². The number of Topliss-reactive ketones (excluding diaryl/α,β-unsaturated/α-hetero) is 2. The summed E-state index contributed by atoms with van der Waals surface area (Å²) in [6.45, 7) is 14.6. The topological polar surface area (TPSA) is 392 Å². The van der Waals surface area contributed by atoms with Crippen molar-refractivity contribution < 1.29 is 97.7 Å². The molecule has 0 bridgehead atoms. The van der Waals surface area contributed by atoms with Crippen molar-refractivity contribution in [3.8, 4) is 11.5 Å². The zero-order chi connectivity index (χ0) is 88.9. The number of carbonyl (C=O) groups is 10. The van der Waals surface area contributed by atoms with Crippen molar-refractivity contribution in [3.05, 3.63) is 179 Å². The predicted octanol–water partition coefficient (Wildman–Crippen LogP) is 14.1. The molecule has 2 heterocycles. The standard InChI is InChI=1S/C96H126N8O19/c1-6-7-23-53-103-79-45-41-69-26-17-19-31-75(69)90(79)95(2,3)83(103)34-14-10-15-35-84-96(4,5)91-76-32-20-18-27-70(76)42-46-80(91)104(84)54-24-11-13-28-73(105)30-25-57-122-59-60-123-58-52-98-86(110)49-40-68-39-48-82(108)72(62-68)64-102(66-89(115)116)56-55-101(65-88(113)114)63-71-61-67(38-47-81(71)107)37-43-74(106)29-12-8-9-16-36-85(109)97-51-22-21-33-77(92(117)118)99-94(121)100-78(93(119)120)44-50-87(111)112/h10,14-15,17-20,26-27,31-32,34-35,38-39,41-42,45-48,61-62,77-78H,6-9,11-13,16,21-25,28-30,33,36-37,40,43-44,49-60,63-66H2,1-5H3,(H10-,97,98,99,100,107,108,109,110,111,112,113,114,115,116,117,118,119,120,121)/p+1. The number of anilines is 1. The molecule has 0 aliphatic carbocycles. The lowest BCUT2D eigenvalue weighted by Gasteiger charge is -2.27. The average molecular weight is 1700 g/mol. The molecule has 27 nitrogen and oxygen atoms in total. The van der Waals surface area contributed by atoms with E-state index in [1.807, 2.05) is 0 Å². The van der Waals surface area contributed by atoms with Gasteiger partial charge in [0, 0.05) is 149 Å². The SMILES string of the molecule is CCCCC[N+]1=C(/C=C/C=C/C=C2/N(CCCCCC(=O)CCCOCCOCCNC(=O)CCc3ccc(O)c(CN(CCN(CC(=O)O)Cc4cc(CCC(=O)CCCCCCC(=O)NCCCCC(NC(=O)NC(CCC(=O)O)C(=O)O)C(=O)O)ccc4O)CC(=O)O)c3)c3ccc4ccccc4c3C2(C)C)C(C)(C)c2c1ccc1ccccc21. The van der Waals surface area contributed by atoms with Crippen LogP contribution in [0.25, 0.3) is 21.5 Å². The van der Waals surface area contributed by atoms with Crippen molar-refractivity contribution in [1.82, 2.24) is 31.1 Å². The predicted molar refractivity (Wildman–Crippen MR) is 474 cm³/mol. The molecule has 2 aliphatic heterocycles. The molecular weight excluding hydrogens is 1570 g/mol. The Morgan fingerprint density at radius 3 is 1.65 bits per heavy atom. The van der Waals surface area contributed by atoms with Crippen molar-refractivity contribution >= 4 is 97.9 Å². The first-order valence-electron chi connectivity index (χ1n) is 43.5. The molecule has 0 radical (unpaired) electrons. The maximum Gasteiger partial charge on any atom is 0.326 e. The minimum atomic E-state index is -1.52. The van der Waals surface area contributed by atoms with E-state index in [-0.39, 0.29) is 117 Å². The number of carbonyl (C=O) groups excluding carboxylic acids is 5. The van der Waals surface area contributed by atoms with E-state index in [4.69, 9.17) is 14.6 Å². The van der Waals surface area contributed by atoms with E-state index in [1.165, 1.54) is 80.4 Å². The second-order valence-corrected chi connectivity index (χ2v) is 33.1. The minimum absolute atomic E-state index is 0.00776. The highest BCUT2D eigenvalue weighted by atomic mass is 16.5. The van der Waals surface area contributed by atoms with Gasteiger partial charge in [-0.15, -0.1) is 0 Å². The first kappa shape index (κ1) is 97.3. The summed E-state index contributed by atoms with van der Waals surface area (Å²) in [6, 6.07) is 32.3. The van der Waals surface area contributed by atoms with Gasteiger partial charge in [0.1, 0.15) is 41.7 Å². The lowest BCUT2D eigenvalue weighted by Crippen LogP contribution is -2.51. The Labute approximate surface area is 721 Å². The Morgan fingerprint density at radius 1 is 0.496 bits per heavy atom. The van der Waals surface area contributed by atoms with Gasteiger partial charge in [0.25, 0.3) is 0 Å². The number of rotatable bonds is 59. The molecule has 0 spiro atoms. The molecule has 0 aromatic heterocycles. The number of amides is 4. The second kappa shape index (κ2) is 49.8. The fourth-order valence-corrected chi connectivity index (χ4v) is 16.3. The molecule has 0 fully saturated rings. The molecule has 2 atom stereocenters. The summed E-state index contributed by atoms with van der Waals surface area (Å²) >= 11 is 0. The van der Waals surface area contributed by atoms with E-state index in [0.717, 1.165) is 49.9 Å². The van der Waals surface area contributed by atoms with Crippen LogP contribution in [0.3, 0.4) is 0 Å². The van der Waals surface area contributed by atoms with Crippen molar-refractivity contribution in [2.24, 2.45) is 0 Å². The van der Waals surface area contributed by atoms with Crippen LogP contribution in [0.15, 0.2) is 145 Å². The number of nitrogens with zero attached hydrogens (tertiary/aromatic N) is 4. The Hall–Kier alpha value is -11.1. The summed E-state index contributed by atoms with van der Waals surface area (Å²) in [6.07, 6.45) is 23.0. The van der Waals surface area contributed by atoms with Crippen LogP contribution >= 0.6 is 0 Å². The number of hydrogen-bond acceptors (Lipinski definition) is 17. The smallest absolute Gasteiger partial charge is 0.326 e. The van der Waals surface area contributed by atoms with Gasteiger partial charge < -0.3 is 71.4 Å². The van der Waals surface area contributed by atoms with Gasteiger partial charge in [0.05, 0.1) is 38.3 Å². The zero-order valence-corrected chi connectivity index (χ0v) is 72.1. The summed E-state index contributed by atoms with van der Waals surface area (Å²) in [7, 11) is 0. The largest absolute Gasteiger partial charge is 0.508 e. The summed E-state index contributed by atoms with van der Waals surface area (Å²) in [5.41, 5.74) is 9.74. The summed E-state index contributed by atoms with van der Waals surface area (Å²) in [5.74, 6) is -6.70. The molecule has 123 heavy (non-hydrogen) atoms. The lowest BCUT2D eigenvalue weighted by molar-refractivity contribution is -0.438. The first-order chi connectivity index (χ1) is 59.0. The molecule has 8 rings (SSSR count). The number of nitrogens with one attached hydrogen (secondary N) is 4. The average Bonchev–Trinajstić information content (AvgIpc) is 1.58. The van der Waals surface area contributed by atoms with Gasteiger partial charge in [-0.2, -0.15) is 4.58 Å². The number of hydrogen-bond donors (Lipinski definition) is 11. The second-order valence-electron chi connectivity index (χ2n) is 33.1. The van der Waals surface area contributed by atoms with E-state index >= 15 is 0 Å². The molecule has 2 aliphatic rings. The monoisotopic (exact) mass is 1700 g/mol. The van der Waals surface area contributed by atoms with Crippen LogP contribution in [0.2, 0.25) is 0 Å². The number of aliphatic carboxylic acids is 5.